The Morgan fingerprint density at radius 3 is 2.16 bits per heavy atom. The molecule has 0 fully saturated rings. The summed E-state index contributed by atoms with van der Waals surface area (Å²) in [5.41, 5.74) is 1.45. The van der Waals surface area contributed by atoms with Gasteiger partial charge < -0.3 is 34.9 Å². The molecule has 2 aromatic carbocycles. The predicted octanol–water partition coefficient (Wildman–Crippen LogP) is 2.21. The number of aliphatic imine (C=N–C) groups is 1. The van der Waals surface area contributed by atoms with E-state index in [-0.39, 0.29) is 5.91 Å². The van der Waals surface area contributed by atoms with Crippen LogP contribution < -0.4 is 34.9 Å². The van der Waals surface area contributed by atoms with Gasteiger partial charge in [-0.3, -0.25) is 4.79 Å². The SMILES string of the molecule is CCNC(=NCc1cc(OC)c(OC)c(OC)c1)NCCNC(=O)c1cccc(OC)c1. The Bertz CT molecular complexity index is 892. The molecule has 32 heavy (non-hydrogen) atoms. The molecule has 9 heteroatoms. The van der Waals surface area contributed by atoms with Gasteiger partial charge in [0.25, 0.3) is 5.91 Å². The summed E-state index contributed by atoms with van der Waals surface area (Å²) in [7, 11) is 6.30. The molecule has 0 radical (unpaired) electrons. The van der Waals surface area contributed by atoms with Crippen LogP contribution in [0.4, 0.5) is 0 Å². The van der Waals surface area contributed by atoms with Gasteiger partial charge in [0.1, 0.15) is 5.75 Å². The third-order valence-corrected chi connectivity index (χ3v) is 4.52. The fourth-order valence-electron chi connectivity index (χ4n) is 2.96. The van der Waals surface area contributed by atoms with Crippen LogP contribution in [-0.2, 0) is 6.54 Å². The van der Waals surface area contributed by atoms with Gasteiger partial charge in [-0.2, -0.15) is 0 Å². The summed E-state index contributed by atoms with van der Waals surface area (Å²) in [5, 5.41) is 9.28. The molecule has 3 N–H and O–H groups in total. The maximum Gasteiger partial charge on any atom is 0.251 e. The van der Waals surface area contributed by atoms with Crippen molar-refractivity contribution in [1.82, 2.24) is 16.0 Å². The Labute approximate surface area is 189 Å². The van der Waals surface area contributed by atoms with Crippen molar-refractivity contribution in [1.29, 1.82) is 0 Å². The Morgan fingerprint density at radius 1 is 0.875 bits per heavy atom. The second-order valence-electron chi connectivity index (χ2n) is 6.64. The number of carbonyl (C=O) groups is 1. The first-order valence-electron chi connectivity index (χ1n) is 10.3. The van der Waals surface area contributed by atoms with Gasteiger partial charge in [0.05, 0.1) is 35.0 Å². The molecule has 2 rings (SSSR count). The Hall–Kier alpha value is -3.62. The molecular weight excluding hydrogens is 412 g/mol. The van der Waals surface area contributed by atoms with E-state index in [1.54, 1.807) is 52.7 Å². The topological polar surface area (TPSA) is 102 Å². The average Bonchev–Trinajstić information content (AvgIpc) is 2.83. The van der Waals surface area contributed by atoms with Crippen molar-refractivity contribution in [3.8, 4) is 23.0 Å². The lowest BCUT2D eigenvalue weighted by atomic mass is 10.2. The molecular formula is C23H32N4O5. The minimum Gasteiger partial charge on any atom is -0.497 e. The standard InChI is InChI=1S/C23H32N4O5/c1-6-24-23(26-11-10-25-22(28)17-8-7-9-18(14-17)29-2)27-15-16-12-19(30-3)21(32-5)20(13-16)31-4/h7-9,12-14H,6,10-11,15H2,1-5H3,(H,25,28)(H2,24,26,27). The average molecular weight is 445 g/mol. The van der Waals surface area contributed by atoms with Crippen LogP contribution >= 0.6 is 0 Å². The van der Waals surface area contributed by atoms with E-state index in [9.17, 15) is 4.79 Å². The van der Waals surface area contributed by atoms with Crippen LogP contribution in [0.3, 0.4) is 0 Å². The van der Waals surface area contributed by atoms with E-state index < -0.39 is 0 Å². The molecule has 0 saturated heterocycles. The predicted molar refractivity (Wildman–Crippen MR) is 124 cm³/mol. The number of carbonyl (C=O) groups excluding carboxylic acids is 1. The zero-order valence-electron chi connectivity index (χ0n) is 19.3. The van der Waals surface area contributed by atoms with Crippen LogP contribution in [0.2, 0.25) is 0 Å². The lowest BCUT2D eigenvalue weighted by Gasteiger charge is -2.14. The molecule has 0 atom stereocenters. The van der Waals surface area contributed by atoms with Crippen LogP contribution in [0.25, 0.3) is 0 Å². The van der Waals surface area contributed by atoms with Crippen LogP contribution in [0.15, 0.2) is 41.4 Å². The minimum atomic E-state index is -0.162. The number of ether oxygens (including phenoxy) is 4. The summed E-state index contributed by atoms with van der Waals surface area (Å²) in [4.78, 5) is 16.9. The highest BCUT2D eigenvalue weighted by molar-refractivity contribution is 5.94. The van der Waals surface area contributed by atoms with E-state index in [0.29, 0.717) is 60.7 Å². The van der Waals surface area contributed by atoms with E-state index in [1.807, 2.05) is 19.1 Å². The Balaban J connectivity index is 1.95. The Morgan fingerprint density at radius 2 is 1.56 bits per heavy atom. The van der Waals surface area contributed by atoms with Gasteiger partial charge in [0, 0.05) is 25.2 Å². The summed E-state index contributed by atoms with van der Waals surface area (Å²) in [6.07, 6.45) is 0. The molecule has 2 aromatic rings. The summed E-state index contributed by atoms with van der Waals surface area (Å²) in [6.45, 7) is 4.04. The number of benzene rings is 2. The number of nitrogens with one attached hydrogen (secondary N) is 3. The van der Waals surface area contributed by atoms with Crippen molar-refractivity contribution >= 4 is 11.9 Å². The third-order valence-electron chi connectivity index (χ3n) is 4.52. The van der Waals surface area contributed by atoms with Crippen molar-refractivity contribution in [2.24, 2.45) is 4.99 Å². The van der Waals surface area contributed by atoms with Gasteiger partial charge >= 0.3 is 0 Å². The second kappa shape index (κ2) is 12.9. The lowest BCUT2D eigenvalue weighted by Crippen LogP contribution is -2.41. The molecule has 0 aliphatic carbocycles. The maximum atomic E-state index is 12.3. The number of rotatable bonds is 11. The zero-order valence-corrected chi connectivity index (χ0v) is 19.3. The van der Waals surface area contributed by atoms with Gasteiger partial charge in [0.15, 0.2) is 17.5 Å². The first-order valence-corrected chi connectivity index (χ1v) is 10.3. The molecule has 0 saturated carbocycles. The van der Waals surface area contributed by atoms with Gasteiger partial charge in [-0.25, -0.2) is 4.99 Å². The minimum absolute atomic E-state index is 0.162. The quantitative estimate of drug-likeness (QED) is 0.277. The number of hydrogen-bond acceptors (Lipinski definition) is 6. The number of methoxy groups -OCH3 is 4. The highest BCUT2D eigenvalue weighted by atomic mass is 16.5. The first kappa shape index (κ1) is 24.6. The number of nitrogens with zero attached hydrogens (tertiary/aromatic N) is 1. The number of hydrogen-bond donors (Lipinski definition) is 3. The summed E-state index contributed by atoms with van der Waals surface area (Å²) in [5.74, 6) is 2.82. The van der Waals surface area contributed by atoms with E-state index >= 15 is 0 Å². The molecule has 0 aromatic heterocycles. The molecule has 9 nitrogen and oxygen atoms in total. The summed E-state index contributed by atoms with van der Waals surface area (Å²) < 4.78 is 21.3. The summed E-state index contributed by atoms with van der Waals surface area (Å²) >= 11 is 0. The van der Waals surface area contributed by atoms with Gasteiger partial charge in [-0.1, -0.05) is 6.07 Å². The van der Waals surface area contributed by atoms with E-state index in [4.69, 9.17) is 18.9 Å². The van der Waals surface area contributed by atoms with E-state index in [1.165, 1.54) is 0 Å². The van der Waals surface area contributed by atoms with E-state index in [2.05, 4.69) is 20.9 Å². The zero-order chi connectivity index (χ0) is 23.3. The number of amides is 1. The fraction of sp³-hybridized carbons (Fsp3) is 0.391. The van der Waals surface area contributed by atoms with E-state index in [0.717, 1.165) is 5.56 Å². The maximum absolute atomic E-state index is 12.3. The highest BCUT2D eigenvalue weighted by Gasteiger charge is 2.13. The first-order chi connectivity index (χ1) is 15.6. The van der Waals surface area contributed by atoms with Gasteiger partial charge in [0.2, 0.25) is 5.75 Å². The monoisotopic (exact) mass is 444 g/mol. The van der Waals surface area contributed by atoms with Gasteiger partial charge in [-0.05, 0) is 42.8 Å². The lowest BCUT2D eigenvalue weighted by molar-refractivity contribution is 0.0954. The van der Waals surface area contributed by atoms with Crippen molar-refractivity contribution in [2.45, 2.75) is 13.5 Å². The molecule has 0 spiro atoms. The molecule has 1 amide bonds. The fourth-order valence-corrected chi connectivity index (χ4v) is 2.96. The smallest absolute Gasteiger partial charge is 0.251 e. The largest absolute Gasteiger partial charge is 0.497 e. The second-order valence-corrected chi connectivity index (χ2v) is 6.64. The van der Waals surface area contributed by atoms with Gasteiger partial charge in [-0.15, -0.1) is 0 Å². The van der Waals surface area contributed by atoms with Crippen LogP contribution in [0.1, 0.15) is 22.8 Å². The molecule has 0 unspecified atom stereocenters. The third kappa shape index (κ3) is 6.97. The van der Waals surface area contributed by atoms with Crippen molar-refractivity contribution in [2.75, 3.05) is 48.1 Å². The Kier molecular flexibility index (Phi) is 9.96. The summed E-state index contributed by atoms with van der Waals surface area (Å²) in [6, 6.07) is 10.8. The molecule has 0 aliphatic rings. The van der Waals surface area contributed by atoms with Crippen molar-refractivity contribution < 1.29 is 23.7 Å². The normalized spacial score (nSPS) is 10.8. The highest BCUT2D eigenvalue weighted by Crippen LogP contribution is 2.38. The van der Waals surface area contributed by atoms with Crippen LogP contribution in [0.5, 0.6) is 23.0 Å². The molecule has 0 heterocycles. The number of guanidine groups is 1. The van der Waals surface area contributed by atoms with Crippen molar-refractivity contribution in [3.63, 3.8) is 0 Å². The van der Waals surface area contributed by atoms with Crippen molar-refractivity contribution in [3.05, 3.63) is 47.5 Å². The van der Waals surface area contributed by atoms with Crippen LogP contribution in [0, 0.1) is 0 Å². The molecule has 0 bridgehead atoms. The van der Waals surface area contributed by atoms with Crippen LogP contribution in [-0.4, -0.2) is 59.9 Å². The molecule has 174 valence electrons. The molecule has 0 aliphatic heterocycles.